The Bertz CT molecular complexity index is 746. The summed E-state index contributed by atoms with van der Waals surface area (Å²) >= 11 is 0. The van der Waals surface area contributed by atoms with Crippen LogP contribution in [0, 0.1) is 5.82 Å². The van der Waals surface area contributed by atoms with E-state index < -0.39 is 22.4 Å². The predicted molar refractivity (Wildman–Crippen MR) is 76.1 cm³/mol. The zero-order valence-corrected chi connectivity index (χ0v) is 12.0. The number of hydrogen-bond donors (Lipinski definition) is 2. The zero-order valence-electron chi connectivity index (χ0n) is 11.2. The molecule has 2 N–H and O–H groups in total. The van der Waals surface area contributed by atoms with E-state index in [0.29, 0.717) is 0 Å². The molecule has 0 saturated heterocycles. The lowest BCUT2D eigenvalue weighted by atomic mass is 10.2. The van der Waals surface area contributed by atoms with Crippen LogP contribution in [0.3, 0.4) is 0 Å². The molecule has 0 amide bonds. The van der Waals surface area contributed by atoms with Gasteiger partial charge in [0, 0.05) is 6.07 Å². The second-order valence-electron chi connectivity index (χ2n) is 4.22. The normalized spacial score (nSPS) is 11.2. The minimum absolute atomic E-state index is 0.0427. The summed E-state index contributed by atoms with van der Waals surface area (Å²) in [5.41, 5.74) is 0.387. The molecule has 0 aliphatic rings. The number of anilines is 1. The monoisotopic (exact) mass is 311 g/mol. The lowest BCUT2D eigenvalue weighted by Crippen LogP contribution is -2.15. The fraction of sp³-hybridized carbons (Fsp3) is 0.143. The van der Waals surface area contributed by atoms with Gasteiger partial charge in [0.15, 0.2) is 0 Å². The van der Waals surface area contributed by atoms with Crippen molar-refractivity contribution in [3.05, 3.63) is 53.8 Å². The van der Waals surface area contributed by atoms with Crippen LogP contribution in [0.1, 0.15) is 5.56 Å². The van der Waals surface area contributed by atoms with Crippen LogP contribution in [-0.2, 0) is 16.6 Å². The lowest BCUT2D eigenvalue weighted by Gasteiger charge is -2.13. The van der Waals surface area contributed by atoms with Gasteiger partial charge in [-0.25, -0.2) is 12.8 Å². The number of sulfonamides is 1. The van der Waals surface area contributed by atoms with Crippen LogP contribution in [0.2, 0.25) is 0 Å². The molecule has 7 heteroatoms. The molecule has 0 aliphatic carbocycles. The van der Waals surface area contributed by atoms with Gasteiger partial charge < -0.3 is 9.84 Å². The van der Waals surface area contributed by atoms with Crippen molar-refractivity contribution < 1.29 is 22.7 Å². The molecule has 0 unspecified atom stereocenters. The van der Waals surface area contributed by atoms with E-state index >= 15 is 0 Å². The number of nitrogens with one attached hydrogen (secondary N) is 1. The van der Waals surface area contributed by atoms with Gasteiger partial charge in [0.1, 0.15) is 11.6 Å². The van der Waals surface area contributed by atoms with Crippen molar-refractivity contribution in [2.75, 3.05) is 11.8 Å². The molecule has 112 valence electrons. The van der Waals surface area contributed by atoms with E-state index in [1.165, 1.54) is 25.3 Å². The highest BCUT2D eigenvalue weighted by Crippen LogP contribution is 2.28. The van der Waals surface area contributed by atoms with E-state index in [0.717, 1.165) is 12.1 Å². The molecule has 21 heavy (non-hydrogen) atoms. The Morgan fingerprint density at radius 1 is 1.24 bits per heavy atom. The quantitative estimate of drug-likeness (QED) is 0.887. The number of aliphatic hydroxyl groups is 1. The fourth-order valence-electron chi connectivity index (χ4n) is 1.85. The van der Waals surface area contributed by atoms with E-state index in [9.17, 15) is 17.9 Å². The molecule has 2 aromatic rings. The summed E-state index contributed by atoms with van der Waals surface area (Å²) in [7, 11) is -2.60. The van der Waals surface area contributed by atoms with Gasteiger partial charge in [0.25, 0.3) is 10.0 Å². The highest BCUT2D eigenvalue weighted by Gasteiger charge is 2.19. The van der Waals surface area contributed by atoms with Crippen molar-refractivity contribution >= 4 is 15.7 Å². The van der Waals surface area contributed by atoms with Gasteiger partial charge in [-0.2, -0.15) is 0 Å². The Balaban J connectivity index is 2.42. The SMILES string of the molecule is COc1cc(F)ccc1NS(=O)(=O)c1ccccc1CO. The van der Waals surface area contributed by atoms with E-state index in [1.54, 1.807) is 12.1 Å². The first-order valence-electron chi connectivity index (χ1n) is 6.03. The van der Waals surface area contributed by atoms with E-state index in [2.05, 4.69) is 4.72 Å². The van der Waals surface area contributed by atoms with E-state index in [1.807, 2.05) is 0 Å². The topological polar surface area (TPSA) is 75.6 Å². The zero-order chi connectivity index (χ0) is 15.5. The standard InChI is InChI=1S/C14H14FNO4S/c1-20-13-8-11(15)6-7-12(13)16-21(18,19)14-5-3-2-4-10(14)9-17/h2-8,16-17H,9H2,1H3. The third-order valence-corrected chi connectivity index (χ3v) is 4.31. The Kier molecular flexibility index (Phi) is 4.44. The minimum Gasteiger partial charge on any atom is -0.494 e. The van der Waals surface area contributed by atoms with E-state index in [4.69, 9.17) is 4.74 Å². The van der Waals surface area contributed by atoms with Gasteiger partial charge in [-0.1, -0.05) is 18.2 Å². The smallest absolute Gasteiger partial charge is 0.262 e. The molecule has 0 aromatic heterocycles. The summed E-state index contributed by atoms with van der Waals surface area (Å²) in [4.78, 5) is -0.0427. The third-order valence-electron chi connectivity index (χ3n) is 2.84. The molecule has 0 fully saturated rings. The first kappa shape index (κ1) is 15.3. The summed E-state index contributed by atoms with van der Waals surface area (Å²) in [6, 6.07) is 9.54. The first-order valence-corrected chi connectivity index (χ1v) is 7.51. The second-order valence-corrected chi connectivity index (χ2v) is 5.87. The number of benzene rings is 2. The van der Waals surface area contributed by atoms with Crippen LogP contribution >= 0.6 is 0 Å². The number of rotatable bonds is 5. The number of halogens is 1. The van der Waals surface area contributed by atoms with Gasteiger partial charge in [0.2, 0.25) is 0 Å². The Labute approximate surface area is 122 Å². The van der Waals surface area contributed by atoms with Gasteiger partial charge in [-0.15, -0.1) is 0 Å². The first-order chi connectivity index (χ1) is 9.97. The Hall–Kier alpha value is -2.12. The van der Waals surface area contributed by atoms with Crippen molar-refractivity contribution in [1.29, 1.82) is 0 Å². The van der Waals surface area contributed by atoms with Gasteiger partial charge in [0.05, 0.1) is 24.3 Å². The van der Waals surface area contributed by atoms with Gasteiger partial charge in [-0.3, -0.25) is 4.72 Å². The average molecular weight is 311 g/mol. The van der Waals surface area contributed by atoms with Gasteiger partial charge in [-0.05, 0) is 23.8 Å². The maximum Gasteiger partial charge on any atom is 0.262 e. The summed E-state index contributed by atoms with van der Waals surface area (Å²) in [6.07, 6.45) is 0. The highest BCUT2D eigenvalue weighted by molar-refractivity contribution is 7.92. The molecule has 0 aliphatic heterocycles. The summed E-state index contributed by atoms with van der Waals surface area (Å²) in [5.74, 6) is -0.467. The molecule has 0 bridgehead atoms. The Morgan fingerprint density at radius 3 is 2.62 bits per heavy atom. The van der Waals surface area contributed by atoms with Crippen LogP contribution < -0.4 is 9.46 Å². The van der Waals surface area contributed by atoms with Crippen molar-refractivity contribution in [3.63, 3.8) is 0 Å². The molecular formula is C14H14FNO4S. The lowest BCUT2D eigenvalue weighted by molar-refractivity contribution is 0.278. The molecule has 5 nitrogen and oxygen atoms in total. The van der Waals surface area contributed by atoms with Crippen LogP contribution in [0.15, 0.2) is 47.4 Å². The molecule has 2 rings (SSSR count). The van der Waals surface area contributed by atoms with Crippen LogP contribution in [0.25, 0.3) is 0 Å². The molecule has 0 atom stereocenters. The fourth-order valence-corrected chi connectivity index (χ4v) is 3.15. The maximum atomic E-state index is 13.1. The number of hydrogen-bond acceptors (Lipinski definition) is 4. The van der Waals surface area contributed by atoms with Crippen molar-refractivity contribution in [1.82, 2.24) is 0 Å². The molecule has 0 radical (unpaired) electrons. The highest BCUT2D eigenvalue weighted by atomic mass is 32.2. The molecule has 0 saturated carbocycles. The number of aliphatic hydroxyl groups excluding tert-OH is 1. The molecule has 0 heterocycles. The largest absolute Gasteiger partial charge is 0.494 e. The molecular weight excluding hydrogens is 297 g/mol. The third kappa shape index (κ3) is 3.32. The summed E-state index contributed by atoms with van der Waals surface area (Å²) in [6.45, 7) is -0.405. The predicted octanol–water partition coefficient (Wildman–Crippen LogP) is 2.13. The van der Waals surface area contributed by atoms with Crippen molar-refractivity contribution in [2.45, 2.75) is 11.5 Å². The van der Waals surface area contributed by atoms with Crippen molar-refractivity contribution in [3.8, 4) is 5.75 Å². The number of methoxy groups -OCH3 is 1. The van der Waals surface area contributed by atoms with Crippen LogP contribution in [0.4, 0.5) is 10.1 Å². The minimum atomic E-state index is -3.91. The molecule has 2 aromatic carbocycles. The average Bonchev–Trinajstić information content (AvgIpc) is 2.48. The Morgan fingerprint density at radius 2 is 1.95 bits per heavy atom. The van der Waals surface area contributed by atoms with Gasteiger partial charge >= 0.3 is 0 Å². The molecule has 0 spiro atoms. The maximum absolute atomic E-state index is 13.1. The summed E-state index contributed by atoms with van der Waals surface area (Å²) in [5, 5.41) is 9.22. The van der Waals surface area contributed by atoms with Crippen LogP contribution in [-0.4, -0.2) is 20.6 Å². The number of ether oxygens (including phenoxy) is 1. The summed E-state index contributed by atoms with van der Waals surface area (Å²) < 4.78 is 45.1. The second kappa shape index (κ2) is 6.11. The van der Waals surface area contributed by atoms with Crippen molar-refractivity contribution in [2.24, 2.45) is 0 Å². The van der Waals surface area contributed by atoms with Crippen LogP contribution in [0.5, 0.6) is 5.75 Å². The van der Waals surface area contributed by atoms with E-state index in [-0.39, 0.29) is 21.9 Å².